The van der Waals surface area contributed by atoms with Gasteiger partial charge in [-0.25, -0.2) is 4.98 Å². The van der Waals surface area contributed by atoms with Gasteiger partial charge in [-0.3, -0.25) is 10.1 Å². The minimum absolute atomic E-state index is 0.140. The fraction of sp³-hybridized carbons (Fsp3) is 0.235. The maximum atomic E-state index is 12.2. The molecular weight excluding hydrogens is 310 g/mol. The molecule has 5 nitrogen and oxygen atoms in total. The lowest BCUT2D eigenvalue weighted by molar-refractivity contribution is -0.115. The number of aromatic nitrogens is 2. The van der Waals surface area contributed by atoms with Gasteiger partial charge >= 0.3 is 0 Å². The molecule has 3 rings (SSSR count). The second-order valence-electron chi connectivity index (χ2n) is 5.38. The van der Waals surface area contributed by atoms with E-state index in [9.17, 15) is 4.79 Å². The van der Waals surface area contributed by atoms with Crippen molar-refractivity contribution < 1.29 is 9.32 Å². The Morgan fingerprint density at radius 1 is 1.26 bits per heavy atom. The summed E-state index contributed by atoms with van der Waals surface area (Å²) in [4.78, 5) is 16.8. The number of carbonyl (C=O) groups is 1. The first-order chi connectivity index (χ1) is 11.0. The molecule has 0 saturated carbocycles. The number of hydrogen-bond donors (Lipinski definition) is 1. The largest absolute Gasteiger partial charge is 0.338 e. The second kappa shape index (κ2) is 6.42. The van der Waals surface area contributed by atoms with E-state index in [4.69, 9.17) is 4.52 Å². The molecule has 0 radical (unpaired) electrons. The van der Waals surface area contributed by atoms with Crippen LogP contribution < -0.4 is 5.32 Å². The summed E-state index contributed by atoms with van der Waals surface area (Å²) in [7, 11) is 0. The summed E-state index contributed by atoms with van der Waals surface area (Å²) >= 11 is 1.42. The van der Waals surface area contributed by atoms with Crippen molar-refractivity contribution in [2.45, 2.75) is 31.0 Å². The van der Waals surface area contributed by atoms with Crippen molar-refractivity contribution in [3.8, 4) is 0 Å². The van der Waals surface area contributed by atoms with Crippen LogP contribution >= 0.6 is 11.8 Å². The molecule has 3 aromatic rings. The number of aryl methyl sites for hydroxylation is 2. The number of fused-ring (bicyclic) bond motifs is 1. The number of nitrogens with zero attached hydrogens (tertiary/aromatic N) is 2. The number of rotatable bonds is 4. The van der Waals surface area contributed by atoms with Gasteiger partial charge in [0.05, 0.1) is 21.5 Å². The van der Waals surface area contributed by atoms with E-state index in [1.807, 2.05) is 31.2 Å². The van der Waals surface area contributed by atoms with Crippen molar-refractivity contribution in [2.75, 3.05) is 5.32 Å². The summed E-state index contributed by atoms with van der Waals surface area (Å²) in [5.74, 6) is 0.223. The summed E-state index contributed by atoms with van der Waals surface area (Å²) in [6.07, 6.45) is 0. The Bertz CT molecular complexity index is 860. The lowest BCUT2D eigenvalue weighted by atomic mass is 10.1. The van der Waals surface area contributed by atoms with Gasteiger partial charge in [0.15, 0.2) is 0 Å². The van der Waals surface area contributed by atoms with Crippen LogP contribution in [0, 0.1) is 13.8 Å². The molecule has 0 bridgehead atoms. The first kappa shape index (κ1) is 15.6. The number of amides is 1. The molecule has 6 heteroatoms. The number of hydrogen-bond acceptors (Lipinski definition) is 5. The molecule has 0 aliphatic heterocycles. The van der Waals surface area contributed by atoms with Gasteiger partial charge in [0.2, 0.25) is 11.8 Å². The topological polar surface area (TPSA) is 68.0 Å². The van der Waals surface area contributed by atoms with E-state index < -0.39 is 0 Å². The molecule has 118 valence electrons. The average Bonchev–Trinajstić information content (AvgIpc) is 2.92. The molecule has 1 atom stereocenters. The molecule has 23 heavy (non-hydrogen) atoms. The van der Waals surface area contributed by atoms with Crippen LogP contribution in [0.2, 0.25) is 0 Å². The van der Waals surface area contributed by atoms with Crippen LogP contribution in [0.15, 0.2) is 45.9 Å². The Kier molecular flexibility index (Phi) is 4.34. The van der Waals surface area contributed by atoms with Crippen molar-refractivity contribution in [1.29, 1.82) is 0 Å². The average molecular weight is 327 g/mol. The number of para-hydroxylation sites is 1. The fourth-order valence-electron chi connectivity index (χ4n) is 2.26. The highest BCUT2D eigenvalue weighted by molar-refractivity contribution is 8.00. The fourth-order valence-corrected chi connectivity index (χ4v) is 3.18. The molecule has 2 heterocycles. The number of pyridine rings is 1. The van der Waals surface area contributed by atoms with Crippen molar-refractivity contribution in [3.63, 3.8) is 0 Å². The summed E-state index contributed by atoms with van der Waals surface area (Å²) in [6, 6.07) is 11.7. The maximum absolute atomic E-state index is 12.2. The first-order valence-corrected chi connectivity index (χ1v) is 8.18. The standard InChI is InChI=1S/C17H17N3O2S/c1-10-8-16(18-14-7-5-4-6-13(10)14)23-12(3)17(21)19-15-9-11(2)20-22-15/h4-9,12H,1-3H3,(H,19,21)/t12-/m0/s1. The van der Waals surface area contributed by atoms with Gasteiger partial charge < -0.3 is 4.52 Å². The third-order valence-corrected chi connectivity index (χ3v) is 4.46. The van der Waals surface area contributed by atoms with E-state index in [2.05, 4.69) is 28.4 Å². The minimum Gasteiger partial charge on any atom is -0.338 e. The quantitative estimate of drug-likeness (QED) is 0.735. The van der Waals surface area contributed by atoms with Crippen LogP contribution in [0.25, 0.3) is 10.9 Å². The minimum atomic E-state index is -0.298. The van der Waals surface area contributed by atoms with Crippen LogP contribution in [0.4, 0.5) is 5.88 Å². The SMILES string of the molecule is Cc1cc(NC(=O)[C@H](C)Sc2cc(C)c3ccccc3n2)on1. The Labute approximate surface area is 138 Å². The second-order valence-corrected chi connectivity index (χ2v) is 6.74. The van der Waals surface area contributed by atoms with Gasteiger partial charge in [-0.2, -0.15) is 0 Å². The van der Waals surface area contributed by atoms with Gasteiger partial charge in [0.25, 0.3) is 0 Å². The maximum Gasteiger partial charge on any atom is 0.240 e. The van der Waals surface area contributed by atoms with E-state index in [-0.39, 0.29) is 11.2 Å². The van der Waals surface area contributed by atoms with Crippen LogP contribution in [0.1, 0.15) is 18.2 Å². The molecular formula is C17H17N3O2S. The van der Waals surface area contributed by atoms with Crippen LogP contribution in [0.5, 0.6) is 0 Å². The van der Waals surface area contributed by atoms with E-state index in [1.54, 1.807) is 13.0 Å². The van der Waals surface area contributed by atoms with Crippen molar-refractivity contribution in [3.05, 3.63) is 47.7 Å². The Morgan fingerprint density at radius 2 is 2.04 bits per heavy atom. The van der Waals surface area contributed by atoms with Gasteiger partial charge in [0.1, 0.15) is 0 Å². The van der Waals surface area contributed by atoms with Gasteiger partial charge in [-0.15, -0.1) is 0 Å². The Hall–Kier alpha value is -2.34. The summed E-state index contributed by atoms with van der Waals surface area (Å²) in [6.45, 7) is 5.70. The highest BCUT2D eigenvalue weighted by Crippen LogP contribution is 2.27. The monoisotopic (exact) mass is 327 g/mol. The highest BCUT2D eigenvalue weighted by Gasteiger charge is 2.17. The van der Waals surface area contributed by atoms with Crippen LogP contribution in [-0.4, -0.2) is 21.3 Å². The molecule has 0 saturated heterocycles. The van der Waals surface area contributed by atoms with E-state index in [1.165, 1.54) is 11.8 Å². The van der Waals surface area contributed by atoms with Crippen molar-refractivity contribution >= 4 is 34.5 Å². The van der Waals surface area contributed by atoms with Gasteiger partial charge in [-0.1, -0.05) is 35.1 Å². The molecule has 2 aromatic heterocycles. The predicted molar refractivity (Wildman–Crippen MR) is 91.7 cm³/mol. The lowest BCUT2D eigenvalue weighted by Crippen LogP contribution is -2.22. The summed E-state index contributed by atoms with van der Waals surface area (Å²) < 4.78 is 5.01. The first-order valence-electron chi connectivity index (χ1n) is 7.30. The molecule has 1 N–H and O–H groups in total. The summed E-state index contributed by atoms with van der Waals surface area (Å²) in [5, 5.41) is 8.13. The molecule has 0 aliphatic rings. The zero-order valence-corrected chi connectivity index (χ0v) is 14.0. The zero-order valence-electron chi connectivity index (χ0n) is 13.2. The zero-order chi connectivity index (χ0) is 16.4. The van der Waals surface area contributed by atoms with Crippen molar-refractivity contribution in [1.82, 2.24) is 10.1 Å². The number of benzene rings is 1. The smallest absolute Gasteiger partial charge is 0.240 e. The summed E-state index contributed by atoms with van der Waals surface area (Å²) in [5.41, 5.74) is 2.82. The number of thioether (sulfide) groups is 1. The van der Waals surface area contributed by atoms with Crippen LogP contribution in [-0.2, 0) is 4.79 Å². The molecule has 0 spiro atoms. The van der Waals surface area contributed by atoms with Crippen LogP contribution in [0.3, 0.4) is 0 Å². The predicted octanol–water partition coefficient (Wildman–Crippen LogP) is 3.96. The molecule has 0 aliphatic carbocycles. The number of nitrogens with one attached hydrogen (secondary N) is 1. The van der Waals surface area contributed by atoms with Gasteiger partial charge in [-0.05, 0) is 38.5 Å². The van der Waals surface area contributed by atoms with Crippen molar-refractivity contribution in [2.24, 2.45) is 0 Å². The lowest BCUT2D eigenvalue weighted by Gasteiger charge is -2.11. The van der Waals surface area contributed by atoms with E-state index in [0.717, 1.165) is 27.2 Å². The molecule has 1 amide bonds. The van der Waals surface area contributed by atoms with E-state index in [0.29, 0.717) is 5.88 Å². The highest BCUT2D eigenvalue weighted by atomic mass is 32.2. The Morgan fingerprint density at radius 3 is 2.78 bits per heavy atom. The third-order valence-electron chi connectivity index (χ3n) is 3.44. The molecule has 0 unspecified atom stereocenters. The van der Waals surface area contributed by atoms with E-state index >= 15 is 0 Å². The number of carbonyl (C=O) groups excluding carboxylic acids is 1. The van der Waals surface area contributed by atoms with Gasteiger partial charge in [0, 0.05) is 11.5 Å². The Balaban J connectivity index is 1.74. The normalized spacial score (nSPS) is 12.3. The third kappa shape index (κ3) is 3.53. The molecule has 0 fully saturated rings. The number of anilines is 1. The molecule has 1 aromatic carbocycles.